The SMILES string of the molecule is COc1ccc2c(=O)n(C)c(NC(=O)C[C@H]3C[C@@H](C(C)=O)C3(C)C)c(-c3ccccc3)c2c1. The highest BCUT2D eigenvalue weighted by atomic mass is 16.5. The molecule has 33 heavy (non-hydrogen) atoms. The number of anilines is 1. The maximum absolute atomic E-state index is 13.2. The Morgan fingerprint density at radius 3 is 2.42 bits per heavy atom. The molecule has 2 aromatic carbocycles. The van der Waals surface area contributed by atoms with Gasteiger partial charge in [-0.3, -0.25) is 19.0 Å². The van der Waals surface area contributed by atoms with Crippen molar-refractivity contribution in [3.8, 4) is 16.9 Å². The van der Waals surface area contributed by atoms with E-state index in [1.165, 1.54) is 4.57 Å². The van der Waals surface area contributed by atoms with E-state index in [-0.39, 0.29) is 34.5 Å². The zero-order valence-electron chi connectivity index (χ0n) is 19.8. The summed E-state index contributed by atoms with van der Waals surface area (Å²) < 4.78 is 6.91. The van der Waals surface area contributed by atoms with Gasteiger partial charge >= 0.3 is 0 Å². The number of amides is 1. The van der Waals surface area contributed by atoms with Crippen molar-refractivity contribution in [3.63, 3.8) is 0 Å². The first-order valence-corrected chi connectivity index (χ1v) is 11.2. The lowest BCUT2D eigenvalue weighted by Gasteiger charge is -2.51. The zero-order valence-corrected chi connectivity index (χ0v) is 19.8. The summed E-state index contributed by atoms with van der Waals surface area (Å²) in [5.74, 6) is 1.21. The fourth-order valence-electron chi connectivity index (χ4n) is 5.12. The third-order valence-corrected chi connectivity index (χ3v) is 7.32. The molecule has 6 heteroatoms. The number of hydrogen-bond donors (Lipinski definition) is 1. The van der Waals surface area contributed by atoms with Gasteiger partial charge in [0.05, 0.1) is 7.11 Å². The number of rotatable bonds is 6. The van der Waals surface area contributed by atoms with Gasteiger partial charge in [-0.2, -0.15) is 0 Å². The van der Waals surface area contributed by atoms with Gasteiger partial charge < -0.3 is 10.1 Å². The van der Waals surface area contributed by atoms with E-state index >= 15 is 0 Å². The molecule has 1 saturated carbocycles. The molecule has 2 atom stereocenters. The van der Waals surface area contributed by atoms with Crippen LogP contribution in [0.15, 0.2) is 53.3 Å². The molecule has 4 rings (SSSR count). The van der Waals surface area contributed by atoms with Gasteiger partial charge in [0.2, 0.25) is 5.91 Å². The number of hydrogen-bond acceptors (Lipinski definition) is 4. The summed E-state index contributed by atoms with van der Waals surface area (Å²) in [5, 5.41) is 4.30. The minimum Gasteiger partial charge on any atom is -0.497 e. The van der Waals surface area contributed by atoms with Gasteiger partial charge in [0.15, 0.2) is 0 Å². The number of ether oxygens (including phenoxy) is 1. The van der Waals surface area contributed by atoms with Crippen LogP contribution >= 0.6 is 0 Å². The third kappa shape index (κ3) is 3.94. The van der Waals surface area contributed by atoms with E-state index in [9.17, 15) is 14.4 Å². The molecule has 0 radical (unpaired) electrons. The Kier molecular flexibility index (Phi) is 5.87. The lowest BCUT2D eigenvalue weighted by molar-refractivity contribution is -0.139. The van der Waals surface area contributed by atoms with Crippen molar-refractivity contribution < 1.29 is 14.3 Å². The normalized spacial score (nSPS) is 19.1. The average Bonchev–Trinajstić information content (AvgIpc) is 2.79. The quantitative estimate of drug-likeness (QED) is 0.590. The van der Waals surface area contributed by atoms with Gasteiger partial charge in [-0.05, 0) is 48.4 Å². The number of pyridine rings is 1. The second-order valence-electron chi connectivity index (χ2n) is 9.53. The minimum absolute atomic E-state index is 0.00679. The van der Waals surface area contributed by atoms with Crippen LogP contribution in [-0.4, -0.2) is 23.4 Å². The highest BCUT2D eigenvalue weighted by molar-refractivity contribution is 6.05. The van der Waals surface area contributed by atoms with E-state index in [0.29, 0.717) is 23.4 Å². The van der Waals surface area contributed by atoms with Crippen molar-refractivity contribution >= 4 is 28.3 Å². The molecule has 1 aliphatic carbocycles. The van der Waals surface area contributed by atoms with Gasteiger partial charge in [0.25, 0.3) is 5.56 Å². The summed E-state index contributed by atoms with van der Waals surface area (Å²) in [4.78, 5) is 38.2. The molecule has 1 amide bonds. The number of Topliss-reactive ketones (excluding diaryl/α,β-unsaturated/α-hetero) is 1. The van der Waals surface area contributed by atoms with E-state index in [2.05, 4.69) is 5.32 Å². The molecule has 0 unspecified atom stereocenters. The van der Waals surface area contributed by atoms with Crippen LogP contribution in [0.5, 0.6) is 5.75 Å². The van der Waals surface area contributed by atoms with Crippen molar-refractivity contribution in [3.05, 3.63) is 58.9 Å². The van der Waals surface area contributed by atoms with Crippen LogP contribution in [-0.2, 0) is 16.6 Å². The van der Waals surface area contributed by atoms with E-state index in [4.69, 9.17) is 4.74 Å². The average molecular weight is 447 g/mol. The second-order valence-corrected chi connectivity index (χ2v) is 9.53. The monoisotopic (exact) mass is 446 g/mol. The molecule has 1 heterocycles. The molecule has 1 aliphatic rings. The maximum atomic E-state index is 13.2. The predicted molar refractivity (Wildman–Crippen MR) is 130 cm³/mol. The molecule has 0 bridgehead atoms. The van der Waals surface area contributed by atoms with Crippen LogP contribution < -0.4 is 15.6 Å². The zero-order chi connectivity index (χ0) is 23.9. The molecule has 0 saturated heterocycles. The Morgan fingerprint density at radius 2 is 1.82 bits per heavy atom. The number of aromatic nitrogens is 1. The van der Waals surface area contributed by atoms with Crippen molar-refractivity contribution in [2.75, 3.05) is 12.4 Å². The predicted octanol–water partition coefficient (Wildman–Crippen LogP) is 4.79. The molecule has 1 aromatic heterocycles. The summed E-state index contributed by atoms with van der Waals surface area (Å²) in [6.07, 6.45) is 1.02. The molecular weight excluding hydrogens is 416 g/mol. The highest BCUT2D eigenvalue weighted by Crippen LogP contribution is 2.53. The van der Waals surface area contributed by atoms with Crippen LogP contribution in [0.4, 0.5) is 5.82 Å². The molecule has 1 N–H and O–H groups in total. The van der Waals surface area contributed by atoms with Crippen LogP contribution in [0.25, 0.3) is 21.9 Å². The fraction of sp³-hybridized carbons (Fsp3) is 0.370. The van der Waals surface area contributed by atoms with Crippen LogP contribution in [0, 0.1) is 17.3 Å². The molecule has 1 fully saturated rings. The molecule has 0 aliphatic heterocycles. The largest absolute Gasteiger partial charge is 0.497 e. The Morgan fingerprint density at radius 1 is 1.12 bits per heavy atom. The first-order valence-electron chi connectivity index (χ1n) is 11.2. The summed E-state index contributed by atoms with van der Waals surface area (Å²) in [6, 6.07) is 15.1. The Balaban J connectivity index is 1.77. The van der Waals surface area contributed by atoms with Crippen LogP contribution in [0.3, 0.4) is 0 Å². The number of benzene rings is 2. The number of ketones is 1. The fourth-order valence-corrected chi connectivity index (χ4v) is 5.12. The summed E-state index contributed by atoms with van der Waals surface area (Å²) >= 11 is 0. The standard InChI is InChI=1S/C27H30N2O4/c1-16(30)22-13-18(27(22,2)3)14-23(31)28-25-24(17-9-7-6-8-10-17)21-15-19(33-5)11-12-20(21)26(32)29(25)4/h6-12,15,18,22H,13-14H2,1-5H3,(H,28,31)/t18-,22+/m1/s1. The number of carbonyl (C=O) groups is 2. The lowest BCUT2D eigenvalue weighted by atomic mass is 9.52. The lowest BCUT2D eigenvalue weighted by Crippen LogP contribution is -2.49. The van der Waals surface area contributed by atoms with Crippen molar-refractivity contribution in [1.29, 1.82) is 0 Å². The third-order valence-electron chi connectivity index (χ3n) is 7.32. The van der Waals surface area contributed by atoms with E-state index in [0.717, 1.165) is 22.9 Å². The van der Waals surface area contributed by atoms with Crippen molar-refractivity contribution in [2.24, 2.45) is 24.3 Å². The van der Waals surface area contributed by atoms with Crippen molar-refractivity contribution in [2.45, 2.75) is 33.6 Å². The number of nitrogens with zero attached hydrogens (tertiary/aromatic N) is 1. The van der Waals surface area contributed by atoms with Gasteiger partial charge in [0, 0.05) is 35.7 Å². The summed E-state index contributed by atoms with van der Waals surface area (Å²) in [7, 11) is 3.26. The molecule has 6 nitrogen and oxygen atoms in total. The number of nitrogens with one attached hydrogen (secondary N) is 1. The molecular formula is C27H30N2O4. The van der Waals surface area contributed by atoms with Gasteiger partial charge in [-0.25, -0.2) is 0 Å². The van der Waals surface area contributed by atoms with Crippen LogP contribution in [0.1, 0.15) is 33.6 Å². The Labute approximate surface area is 193 Å². The topological polar surface area (TPSA) is 77.4 Å². The van der Waals surface area contributed by atoms with Gasteiger partial charge in [-0.15, -0.1) is 0 Å². The van der Waals surface area contributed by atoms with Gasteiger partial charge in [-0.1, -0.05) is 44.2 Å². The second kappa shape index (κ2) is 8.50. The first kappa shape index (κ1) is 22.8. The minimum atomic E-state index is -0.214. The van der Waals surface area contributed by atoms with E-state index < -0.39 is 0 Å². The van der Waals surface area contributed by atoms with Crippen molar-refractivity contribution in [1.82, 2.24) is 4.57 Å². The van der Waals surface area contributed by atoms with E-state index in [1.54, 1.807) is 33.2 Å². The van der Waals surface area contributed by atoms with Crippen LogP contribution in [0.2, 0.25) is 0 Å². The Bertz CT molecular complexity index is 1290. The number of fused-ring (bicyclic) bond motifs is 1. The number of methoxy groups -OCH3 is 1. The van der Waals surface area contributed by atoms with E-state index in [1.807, 2.05) is 50.2 Å². The molecule has 3 aromatic rings. The number of carbonyl (C=O) groups excluding carboxylic acids is 2. The molecule has 0 spiro atoms. The summed E-state index contributed by atoms with van der Waals surface area (Å²) in [6.45, 7) is 5.72. The highest BCUT2D eigenvalue weighted by Gasteiger charge is 2.50. The summed E-state index contributed by atoms with van der Waals surface area (Å²) in [5.41, 5.74) is 1.26. The first-order chi connectivity index (χ1) is 15.6. The van der Waals surface area contributed by atoms with Gasteiger partial charge in [0.1, 0.15) is 17.4 Å². The smallest absolute Gasteiger partial charge is 0.259 e. The molecule has 172 valence electrons. The maximum Gasteiger partial charge on any atom is 0.259 e. The Hall–Kier alpha value is -3.41.